The number of benzene rings is 6. The third-order valence-corrected chi connectivity index (χ3v) is 11.8. The van der Waals surface area contributed by atoms with Gasteiger partial charge in [-0.3, -0.25) is 19.2 Å². The molecule has 6 aromatic rings. The number of anilines is 4. The number of phenolic OH excluding ortho intramolecular Hbond substituents is 1. The summed E-state index contributed by atoms with van der Waals surface area (Å²) in [6, 6.07) is 39.8. The number of phenols is 1. The van der Waals surface area contributed by atoms with Gasteiger partial charge >= 0.3 is 0 Å². The molecule has 2 atom stereocenters. The van der Waals surface area contributed by atoms with Crippen LogP contribution in [0.4, 0.5) is 22.7 Å². The van der Waals surface area contributed by atoms with E-state index in [1.807, 2.05) is 77.9 Å². The van der Waals surface area contributed by atoms with Gasteiger partial charge in [0.05, 0.1) is 0 Å². The monoisotopic (exact) mass is 874 g/mol. The summed E-state index contributed by atoms with van der Waals surface area (Å²) in [6.45, 7) is 15.5. The van der Waals surface area contributed by atoms with Gasteiger partial charge in [0.2, 0.25) is 0 Å². The Labute approximate surface area is 381 Å². The summed E-state index contributed by atoms with van der Waals surface area (Å²) < 4.78 is 12.2. The molecule has 0 aromatic heterocycles. The van der Waals surface area contributed by atoms with Gasteiger partial charge in [-0.1, -0.05) is 65.8 Å². The first-order valence-corrected chi connectivity index (χ1v) is 21.9. The van der Waals surface area contributed by atoms with Crippen molar-refractivity contribution in [3.63, 3.8) is 0 Å². The SMILES string of the molecule is CCC(C)Nc1ccc(Oc2cccc(NC(=O)c3cc(O)cc(C(=O)C(C)(C)C(C)Nc4ccc(Oc5cccc(NC(=O)c6cccc(C(=O)C(C)(C)CC)c6)c5)cc4)c3)c2)cc1. The summed E-state index contributed by atoms with van der Waals surface area (Å²) in [7, 11) is 0. The molecule has 0 aliphatic rings. The molecule has 0 saturated heterocycles. The second kappa shape index (κ2) is 20.4. The minimum Gasteiger partial charge on any atom is -0.508 e. The van der Waals surface area contributed by atoms with Gasteiger partial charge < -0.3 is 35.8 Å². The number of hydrogen-bond acceptors (Lipinski definition) is 9. The average molecular weight is 875 g/mol. The minimum atomic E-state index is -0.973. The molecular formula is C54H58N4O7. The Balaban J connectivity index is 1.04. The highest BCUT2D eigenvalue weighted by atomic mass is 16.5. The third-order valence-electron chi connectivity index (χ3n) is 11.8. The van der Waals surface area contributed by atoms with E-state index in [1.54, 1.807) is 84.9 Å². The summed E-state index contributed by atoms with van der Waals surface area (Å²) >= 11 is 0. The smallest absolute Gasteiger partial charge is 0.255 e. The number of ketones is 2. The topological polar surface area (TPSA) is 155 Å². The fourth-order valence-corrected chi connectivity index (χ4v) is 6.80. The molecule has 2 amide bonds. The second-order valence-electron chi connectivity index (χ2n) is 17.5. The zero-order valence-electron chi connectivity index (χ0n) is 38.2. The molecule has 2 unspecified atom stereocenters. The molecule has 336 valence electrons. The molecule has 0 aliphatic carbocycles. The van der Waals surface area contributed by atoms with Crippen LogP contribution in [0.5, 0.6) is 28.7 Å². The first-order chi connectivity index (χ1) is 30.9. The predicted molar refractivity (Wildman–Crippen MR) is 259 cm³/mol. The number of ether oxygens (including phenoxy) is 2. The highest BCUT2D eigenvalue weighted by molar-refractivity contribution is 6.09. The Hall–Kier alpha value is -7.40. The highest BCUT2D eigenvalue weighted by Crippen LogP contribution is 2.33. The maximum atomic E-state index is 14.0. The van der Waals surface area contributed by atoms with Crippen molar-refractivity contribution in [1.82, 2.24) is 0 Å². The van der Waals surface area contributed by atoms with Crippen LogP contribution in [-0.2, 0) is 0 Å². The lowest BCUT2D eigenvalue weighted by molar-refractivity contribution is 0.0816. The van der Waals surface area contributed by atoms with Crippen LogP contribution in [0.25, 0.3) is 0 Å². The molecule has 0 saturated carbocycles. The van der Waals surface area contributed by atoms with Crippen LogP contribution in [0.15, 0.2) is 140 Å². The summed E-state index contributed by atoms with van der Waals surface area (Å²) in [6.07, 6.45) is 1.69. The van der Waals surface area contributed by atoms with E-state index in [4.69, 9.17) is 9.47 Å². The lowest BCUT2D eigenvalue weighted by Gasteiger charge is -2.32. The molecular weight excluding hydrogens is 817 g/mol. The maximum absolute atomic E-state index is 14.0. The summed E-state index contributed by atoms with van der Waals surface area (Å²) in [5.74, 6) is 0.900. The lowest BCUT2D eigenvalue weighted by atomic mass is 9.78. The molecule has 5 N–H and O–H groups in total. The Kier molecular flexibility index (Phi) is 14.8. The van der Waals surface area contributed by atoms with Crippen LogP contribution in [-0.4, -0.2) is 40.6 Å². The number of carbonyl (C=O) groups excluding carboxylic acids is 4. The normalized spacial score (nSPS) is 12.3. The van der Waals surface area contributed by atoms with Gasteiger partial charge in [0, 0.05) is 80.0 Å². The summed E-state index contributed by atoms with van der Waals surface area (Å²) in [5, 5.41) is 23.3. The summed E-state index contributed by atoms with van der Waals surface area (Å²) in [4.78, 5) is 53.7. The van der Waals surface area contributed by atoms with E-state index in [0.29, 0.717) is 58.0 Å². The molecule has 0 heterocycles. The van der Waals surface area contributed by atoms with Crippen molar-refractivity contribution in [2.75, 3.05) is 21.3 Å². The zero-order valence-corrected chi connectivity index (χ0v) is 38.2. The van der Waals surface area contributed by atoms with Crippen molar-refractivity contribution in [3.05, 3.63) is 162 Å². The fraction of sp³-hybridized carbons (Fsp3) is 0.259. The average Bonchev–Trinajstić information content (AvgIpc) is 3.29. The van der Waals surface area contributed by atoms with Crippen molar-refractivity contribution in [2.45, 2.75) is 80.3 Å². The van der Waals surface area contributed by atoms with Gasteiger partial charge in [-0.2, -0.15) is 0 Å². The van der Waals surface area contributed by atoms with Crippen LogP contribution in [0.3, 0.4) is 0 Å². The Morgan fingerprint density at radius 2 is 1.00 bits per heavy atom. The van der Waals surface area contributed by atoms with Crippen LogP contribution in [0.1, 0.15) is 110 Å². The highest BCUT2D eigenvalue weighted by Gasteiger charge is 2.35. The molecule has 0 bridgehead atoms. The first-order valence-electron chi connectivity index (χ1n) is 21.9. The number of nitrogens with one attached hydrogen (secondary N) is 4. The quantitative estimate of drug-likeness (QED) is 0.0500. The Morgan fingerprint density at radius 1 is 0.523 bits per heavy atom. The van der Waals surface area contributed by atoms with Crippen molar-refractivity contribution in [3.8, 4) is 28.7 Å². The van der Waals surface area contributed by atoms with E-state index >= 15 is 0 Å². The number of carbonyl (C=O) groups is 4. The maximum Gasteiger partial charge on any atom is 0.255 e. The molecule has 11 heteroatoms. The number of amides is 2. The van der Waals surface area contributed by atoms with Gasteiger partial charge in [0.25, 0.3) is 11.8 Å². The molecule has 0 spiro atoms. The molecule has 0 aliphatic heterocycles. The van der Waals surface area contributed by atoms with Crippen molar-refractivity contribution in [1.29, 1.82) is 0 Å². The van der Waals surface area contributed by atoms with Gasteiger partial charge in [-0.15, -0.1) is 0 Å². The first kappa shape index (κ1) is 47.1. The van der Waals surface area contributed by atoms with E-state index in [-0.39, 0.29) is 40.4 Å². The van der Waals surface area contributed by atoms with E-state index in [1.165, 1.54) is 18.2 Å². The van der Waals surface area contributed by atoms with Crippen LogP contribution in [0.2, 0.25) is 0 Å². The van der Waals surface area contributed by atoms with E-state index < -0.39 is 16.7 Å². The standard InChI is InChI=1S/C54H58N4O7/c1-9-34(3)55-40-20-24-45(25-21-40)64-48-19-13-17-43(33-48)58-52(63)39-29-38(30-44(59)31-39)50(61)54(7,8)35(4)56-41-22-26-46(27-23-41)65-47-18-12-16-42(32-47)57-51(62)37-15-11-14-36(28-37)49(60)53(5,6)10-2/h11-35,55-56,59H,9-10H2,1-8H3,(H,57,62)(H,58,63). The molecule has 0 radical (unpaired) electrons. The second-order valence-corrected chi connectivity index (χ2v) is 17.5. The zero-order chi connectivity index (χ0) is 46.9. The van der Waals surface area contributed by atoms with E-state index in [0.717, 1.165) is 17.8 Å². The number of Topliss-reactive ketones (excluding diaryl/α,β-unsaturated/α-hetero) is 2. The Bertz CT molecular complexity index is 2660. The van der Waals surface area contributed by atoms with Gasteiger partial charge in [-0.05, 0) is 130 Å². The lowest BCUT2D eigenvalue weighted by Crippen LogP contribution is -2.40. The van der Waals surface area contributed by atoms with Crippen LogP contribution < -0.4 is 30.7 Å². The molecule has 11 nitrogen and oxygen atoms in total. The van der Waals surface area contributed by atoms with Crippen molar-refractivity contribution < 1.29 is 33.8 Å². The van der Waals surface area contributed by atoms with Crippen molar-refractivity contribution >= 4 is 46.1 Å². The number of hydrogen-bond donors (Lipinski definition) is 5. The van der Waals surface area contributed by atoms with Gasteiger partial charge in [0.1, 0.15) is 28.7 Å². The van der Waals surface area contributed by atoms with Crippen LogP contribution in [0, 0.1) is 10.8 Å². The van der Waals surface area contributed by atoms with E-state index in [2.05, 4.69) is 35.1 Å². The number of rotatable bonds is 19. The van der Waals surface area contributed by atoms with Crippen LogP contribution >= 0.6 is 0 Å². The van der Waals surface area contributed by atoms with Gasteiger partial charge in [0.15, 0.2) is 11.6 Å². The molecule has 6 aromatic carbocycles. The largest absolute Gasteiger partial charge is 0.508 e. The molecule has 65 heavy (non-hydrogen) atoms. The predicted octanol–water partition coefficient (Wildman–Crippen LogP) is 13.0. The van der Waals surface area contributed by atoms with Gasteiger partial charge in [-0.25, -0.2) is 0 Å². The Morgan fingerprint density at radius 3 is 1.54 bits per heavy atom. The fourth-order valence-electron chi connectivity index (χ4n) is 6.80. The molecule has 6 rings (SSSR count). The number of aromatic hydroxyl groups is 1. The third kappa shape index (κ3) is 12.2. The summed E-state index contributed by atoms with van der Waals surface area (Å²) in [5.41, 5.74) is 2.44. The van der Waals surface area contributed by atoms with E-state index in [9.17, 15) is 24.3 Å². The molecule has 0 fully saturated rings. The minimum absolute atomic E-state index is 0.0121. The van der Waals surface area contributed by atoms with Crippen molar-refractivity contribution in [2.24, 2.45) is 10.8 Å².